The van der Waals surface area contributed by atoms with Gasteiger partial charge in [-0.1, -0.05) is 123 Å². The Labute approximate surface area is 326 Å². The fraction of sp³-hybridized carbons (Fsp3) is 0.822. The lowest BCUT2D eigenvalue weighted by molar-refractivity contribution is -0.0745. The molecular weight excluding hydrogens is 670 g/mol. The standard InChI is InChI=1S/C12H17F.C12H26O2.C8H18.C6H13NO2S.C5H10.C2H6/c1-8(2)10-5-11(9(3)4)7-12(13)6-10;1-10(2)13-8-12(6,7)9-14-11(3,4)5;1-7(2,3)8(4,5)6;1-5(2)7-10(8,9)6-3-4-6;1-4-5(2)3;1-2/h5-9H,1-4H3;10H,8-9H2,1-7H3;1-6H3;5-7H,3-4H2,1-2H3;4-5H,1H2,2-3H3;1-2H3. The maximum Gasteiger partial charge on any atom is 0.214 e. The summed E-state index contributed by atoms with van der Waals surface area (Å²) in [5.74, 6) is 1.33. The molecular formula is C45H90FNO4S. The first-order chi connectivity index (χ1) is 23.2. The van der Waals surface area contributed by atoms with Crippen molar-refractivity contribution in [3.63, 3.8) is 0 Å². The molecule has 0 atom stereocenters. The Morgan fingerprint density at radius 2 is 1.12 bits per heavy atom. The smallest absolute Gasteiger partial charge is 0.214 e. The van der Waals surface area contributed by atoms with Crippen molar-refractivity contribution in [3.05, 3.63) is 47.8 Å². The van der Waals surface area contributed by atoms with E-state index in [0.717, 1.165) is 37.2 Å². The van der Waals surface area contributed by atoms with Crippen LogP contribution >= 0.6 is 0 Å². The van der Waals surface area contributed by atoms with E-state index in [1.165, 1.54) is 0 Å². The van der Waals surface area contributed by atoms with Crippen LogP contribution in [0.15, 0.2) is 30.9 Å². The van der Waals surface area contributed by atoms with Crippen LogP contribution in [0.4, 0.5) is 4.39 Å². The van der Waals surface area contributed by atoms with Gasteiger partial charge in [0.25, 0.3) is 0 Å². The van der Waals surface area contributed by atoms with Crippen LogP contribution < -0.4 is 4.72 Å². The van der Waals surface area contributed by atoms with E-state index < -0.39 is 10.0 Å². The number of rotatable bonds is 11. The highest BCUT2D eigenvalue weighted by Gasteiger charge is 2.35. The molecule has 1 aliphatic rings. The van der Waals surface area contributed by atoms with E-state index in [4.69, 9.17) is 9.47 Å². The number of nitrogens with one attached hydrogen (secondary N) is 1. The number of halogens is 1. The van der Waals surface area contributed by atoms with Crippen LogP contribution in [0.1, 0.15) is 195 Å². The highest BCUT2D eigenvalue weighted by molar-refractivity contribution is 7.90. The van der Waals surface area contributed by atoms with Gasteiger partial charge in [-0.15, -0.1) is 6.58 Å². The van der Waals surface area contributed by atoms with Crippen molar-refractivity contribution in [2.75, 3.05) is 13.2 Å². The largest absolute Gasteiger partial charge is 0.378 e. The first-order valence-electron chi connectivity index (χ1n) is 19.9. The molecule has 0 radical (unpaired) electrons. The van der Waals surface area contributed by atoms with Crippen LogP contribution in [0, 0.1) is 28.0 Å². The quantitative estimate of drug-likeness (QED) is 0.228. The molecule has 52 heavy (non-hydrogen) atoms. The maximum absolute atomic E-state index is 13.1. The lowest BCUT2D eigenvalue weighted by Crippen LogP contribution is -2.32. The van der Waals surface area contributed by atoms with Crippen molar-refractivity contribution in [2.24, 2.45) is 22.2 Å². The van der Waals surface area contributed by atoms with Gasteiger partial charge in [-0.25, -0.2) is 17.5 Å². The summed E-state index contributed by atoms with van der Waals surface area (Å²) in [5, 5.41) is -0.0881. The highest BCUT2D eigenvalue weighted by Crippen LogP contribution is 2.36. The fourth-order valence-electron chi connectivity index (χ4n) is 2.95. The lowest BCUT2D eigenvalue weighted by Gasteiger charge is -2.34. The molecule has 0 heterocycles. The minimum absolute atomic E-state index is 0.0330. The number of hydrogen-bond donors (Lipinski definition) is 1. The summed E-state index contributed by atoms with van der Waals surface area (Å²) in [6.45, 7) is 53.6. The summed E-state index contributed by atoms with van der Waals surface area (Å²) in [4.78, 5) is 0. The minimum atomic E-state index is -2.94. The zero-order chi connectivity index (χ0) is 42.5. The van der Waals surface area contributed by atoms with Crippen molar-refractivity contribution in [1.82, 2.24) is 4.72 Å². The van der Waals surface area contributed by atoms with Crippen LogP contribution in [0.25, 0.3) is 0 Å². The molecule has 1 aromatic carbocycles. The van der Waals surface area contributed by atoms with Crippen molar-refractivity contribution in [3.8, 4) is 0 Å². The average molecular weight is 760 g/mol. The summed E-state index contributed by atoms with van der Waals surface area (Å²) in [6.07, 6.45) is 3.88. The maximum atomic E-state index is 13.1. The minimum Gasteiger partial charge on any atom is -0.378 e. The topological polar surface area (TPSA) is 64.6 Å². The van der Waals surface area contributed by atoms with Gasteiger partial charge in [0.2, 0.25) is 10.0 Å². The van der Waals surface area contributed by atoms with Gasteiger partial charge >= 0.3 is 0 Å². The molecule has 1 N–H and O–H groups in total. The molecule has 0 aromatic heterocycles. The second-order valence-electron chi connectivity index (χ2n) is 19.0. The first-order valence-corrected chi connectivity index (χ1v) is 21.4. The molecule has 0 unspecified atom stereocenters. The van der Waals surface area contributed by atoms with Gasteiger partial charge in [0.1, 0.15) is 5.82 Å². The Kier molecular flexibility index (Phi) is 29.3. The van der Waals surface area contributed by atoms with E-state index in [-0.39, 0.29) is 28.1 Å². The van der Waals surface area contributed by atoms with Crippen LogP contribution in [0.2, 0.25) is 0 Å². The van der Waals surface area contributed by atoms with E-state index in [0.29, 0.717) is 34.7 Å². The van der Waals surface area contributed by atoms with Gasteiger partial charge in [0.15, 0.2) is 0 Å². The summed E-state index contributed by atoms with van der Waals surface area (Å²) >= 11 is 0. The van der Waals surface area contributed by atoms with Gasteiger partial charge < -0.3 is 9.47 Å². The molecule has 1 fully saturated rings. The van der Waals surface area contributed by atoms with Crippen LogP contribution in [0.3, 0.4) is 0 Å². The van der Waals surface area contributed by atoms with Gasteiger partial charge in [-0.05, 0) is 113 Å². The van der Waals surface area contributed by atoms with E-state index in [2.05, 4.69) is 149 Å². The molecule has 312 valence electrons. The zero-order valence-corrected chi connectivity index (χ0v) is 39.5. The fourth-order valence-corrected chi connectivity index (χ4v) is 4.56. The number of sulfonamides is 1. The van der Waals surface area contributed by atoms with E-state index in [9.17, 15) is 12.8 Å². The summed E-state index contributed by atoms with van der Waals surface area (Å²) < 4.78 is 49.2. The predicted molar refractivity (Wildman–Crippen MR) is 231 cm³/mol. The Hall–Kier alpha value is -1.28. The van der Waals surface area contributed by atoms with E-state index in [1.807, 2.05) is 33.8 Å². The zero-order valence-electron chi connectivity index (χ0n) is 38.7. The summed E-state index contributed by atoms with van der Waals surface area (Å²) in [7, 11) is -2.94. The number of hydrogen-bond acceptors (Lipinski definition) is 4. The second kappa shape index (κ2) is 26.5. The van der Waals surface area contributed by atoms with Gasteiger partial charge in [0.05, 0.1) is 30.2 Å². The SMILES string of the molecule is C=CC(C)C.CC.CC(C)(C)C(C)(C)C.CC(C)NS(=O)(=O)C1CC1.CC(C)OCC(C)(C)COC(C)(C)C.CC(C)c1cc(F)cc(C(C)C)c1. The Morgan fingerprint density at radius 1 is 0.750 bits per heavy atom. The Balaban J connectivity index is -0.000000283. The van der Waals surface area contributed by atoms with Crippen molar-refractivity contribution < 1.29 is 22.3 Å². The third kappa shape index (κ3) is 34.5. The van der Waals surface area contributed by atoms with Crippen LogP contribution in [-0.4, -0.2) is 44.6 Å². The van der Waals surface area contributed by atoms with E-state index >= 15 is 0 Å². The monoisotopic (exact) mass is 760 g/mol. The van der Waals surface area contributed by atoms with Crippen LogP contribution in [0.5, 0.6) is 0 Å². The molecule has 0 spiro atoms. The molecule has 1 aliphatic carbocycles. The normalized spacial score (nSPS) is 13.5. The first kappa shape index (κ1) is 57.4. The molecule has 5 nitrogen and oxygen atoms in total. The molecule has 0 bridgehead atoms. The average Bonchev–Trinajstić information content (AvgIpc) is 3.82. The lowest BCUT2D eigenvalue weighted by atomic mass is 9.71. The Morgan fingerprint density at radius 3 is 1.35 bits per heavy atom. The summed E-state index contributed by atoms with van der Waals surface area (Å²) in [5.41, 5.74) is 3.08. The highest BCUT2D eigenvalue weighted by atomic mass is 32.2. The summed E-state index contributed by atoms with van der Waals surface area (Å²) in [6, 6.07) is 5.37. The van der Waals surface area contributed by atoms with Gasteiger partial charge in [-0.3, -0.25) is 0 Å². The van der Waals surface area contributed by atoms with Gasteiger partial charge in [0, 0.05) is 11.5 Å². The number of benzene rings is 1. The van der Waals surface area contributed by atoms with Crippen molar-refractivity contribution in [2.45, 2.75) is 207 Å². The molecule has 1 aromatic rings. The van der Waals surface area contributed by atoms with E-state index in [1.54, 1.807) is 12.1 Å². The van der Waals surface area contributed by atoms with Crippen molar-refractivity contribution >= 4 is 10.0 Å². The second-order valence-corrected chi connectivity index (χ2v) is 21.0. The number of ether oxygens (including phenoxy) is 2. The number of allylic oxidation sites excluding steroid dienone is 1. The molecule has 0 amide bonds. The predicted octanol–water partition coefficient (Wildman–Crippen LogP) is 13.7. The van der Waals surface area contributed by atoms with Crippen LogP contribution in [-0.2, 0) is 19.5 Å². The molecule has 7 heteroatoms. The van der Waals surface area contributed by atoms with Crippen molar-refractivity contribution in [1.29, 1.82) is 0 Å². The molecule has 0 saturated heterocycles. The third-order valence-corrected chi connectivity index (χ3v) is 10.2. The molecule has 2 rings (SSSR count). The van der Waals surface area contributed by atoms with Gasteiger partial charge in [-0.2, -0.15) is 0 Å². The molecule has 0 aliphatic heterocycles. The Bertz CT molecular complexity index is 1110. The third-order valence-electron chi connectivity index (χ3n) is 8.06. The molecule has 1 saturated carbocycles.